The lowest BCUT2D eigenvalue weighted by molar-refractivity contribution is -0.0906. The first kappa shape index (κ1) is 27.3. The number of nitrogens with zero attached hydrogens (tertiary/aromatic N) is 4. The average Bonchev–Trinajstić information content (AvgIpc) is 2.89. The largest absolute Gasteiger partial charge is 0.431 e. The molecule has 4 N–H and O–H groups in total. The van der Waals surface area contributed by atoms with E-state index in [0.29, 0.717) is 22.8 Å². The minimum Gasteiger partial charge on any atom is -0.378 e. The van der Waals surface area contributed by atoms with Crippen LogP contribution in [0.5, 0.6) is 0 Å². The number of fused-ring (bicyclic) bond motifs is 1. The maximum Gasteiger partial charge on any atom is 0.431 e. The zero-order valence-corrected chi connectivity index (χ0v) is 20.2. The quantitative estimate of drug-likeness (QED) is 0.287. The Balaban J connectivity index is 1.99. The molecule has 13 heteroatoms. The van der Waals surface area contributed by atoms with Crippen molar-refractivity contribution in [2.45, 2.75) is 6.18 Å². The second-order valence-corrected chi connectivity index (χ2v) is 7.76. The first-order valence-corrected chi connectivity index (χ1v) is 10.9. The Bertz CT molecular complexity index is 1350. The van der Waals surface area contributed by atoms with Gasteiger partial charge in [-0.3, -0.25) is 10.4 Å². The first-order valence-electron chi connectivity index (χ1n) is 10.6. The molecule has 3 rings (SSSR count). The van der Waals surface area contributed by atoms with E-state index in [4.69, 9.17) is 21.7 Å². The van der Waals surface area contributed by atoms with E-state index in [1.807, 2.05) is 0 Å². The monoisotopic (exact) mass is 530 g/mol. The van der Waals surface area contributed by atoms with Gasteiger partial charge in [-0.1, -0.05) is 24.2 Å². The summed E-state index contributed by atoms with van der Waals surface area (Å²) in [6, 6.07) is 8.01. The molecular weight excluding hydrogens is 509 g/mol. The van der Waals surface area contributed by atoms with Gasteiger partial charge in [0.25, 0.3) is 0 Å². The van der Waals surface area contributed by atoms with E-state index >= 15 is 0 Å². The third-order valence-corrected chi connectivity index (χ3v) is 4.90. The number of ether oxygens (including phenoxy) is 1. The molecule has 37 heavy (non-hydrogen) atoms. The number of hydrogen-bond donors (Lipinski definition) is 4. The van der Waals surface area contributed by atoms with Crippen molar-refractivity contribution in [1.82, 2.24) is 15.7 Å². The van der Waals surface area contributed by atoms with Crippen LogP contribution in [0.1, 0.15) is 0 Å². The van der Waals surface area contributed by atoms with Crippen LogP contribution in [0.3, 0.4) is 0 Å². The molecule has 1 aliphatic heterocycles. The van der Waals surface area contributed by atoms with E-state index in [0.717, 1.165) is 0 Å². The molecule has 0 atom stereocenters. The summed E-state index contributed by atoms with van der Waals surface area (Å²) in [5, 5.41) is 25.3. The predicted molar refractivity (Wildman–Crippen MR) is 141 cm³/mol. The van der Waals surface area contributed by atoms with Gasteiger partial charge in [-0.2, -0.15) is 28.5 Å². The number of halogens is 4. The van der Waals surface area contributed by atoms with Gasteiger partial charge in [0.1, 0.15) is 11.4 Å². The van der Waals surface area contributed by atoms with Gasteiger partial charge in [0, 0.05) is 48.1 Å². The first-order chi connectivity index (χ1) is 17.7. The fraction of sp³-hybridized carbons (Fsp3) is 0.125. The number of rotatable bonds is 8. The normalized spacial score (nSPS) is 20.8. The van der Waals surface area contributed by atoms with Gasteiger partial charge < -0.3 is 20.8 Å². The van der Waals surface area contributed by atoms with Crippen LogP contribution >= 0.6 is 11.6 Å². The molecule has 0 fully saturated rings. The molecule has 0 bridgehead atoms. The molecule has 0 radical (unpaired) electrons. The van der Waals surface area contributed by atoms with E-state index in [-0.39, 0.29) is 28.7 Å². The number of nitrogens with one attached hydrogen (secondary N) is 4. The lowest BCUT2D eigenvalue weighted by Gasteiger charge is -2.20. The molecule has 0 spiro atoms. The highest BCUT2D eigenvalue weighted by Gasteiger charge is 2.37. The van der Waals surface area contributed by atoms with Gasteiger partial charge >= 0.3 is 6.18 Å². The lowest BCUT2D eigenvalue weighted by atomic mass is 10.1. The molecule has 2 heterocycles. The summed E-state index contributed by atoms with van der Waals surface area (Å²) in [7, 11) is 1.47. The zero-order valence-electron chi connectivity index (χ0n) is 19.5. The van der Waals surface area contributed by atoms with Gasteiger partial charge in [-0.25, -0.2) is 0 Å². The minimum absolute atomic E-state index is 0.115. The third kappa shape index (κ3) is 7.59. The Morgan fingerprint density at radius 3 is 2.76 bits per heavy atom. The Morgan fingerprint density at radius 2 is 2.03 bits per heavy atom. The average molecular weight is 531 g/mol. The van der Waals surface area contributed by atoms with Gasteiger partial charge in [0.05, 0.1) is 35.3 Å². The van der Waals surface area contributed by atoms with Gasteiger partial charge in [0.2, 0.25) is 0 Å². The van der Waals surface area contributed by atoms with Crippen molar-refractivity contribution in [2.75, 3.05) is 19.0 Å². The molecule has 192 valence electrons. The standard InChI is InChI=1S/C24H22ClF3N8O/c1-15(34-17-9-16(25)11-31-32-13-18(14-37-2)36-33-12-17)20(10-29)23(24(26,27)28)35-22-7-3-6-21-19(22)5-4-8-30-21/h3-13,29,31,34-35H,1,14H2,2H3/b16-11-,17-9+,23-20+,29-10?,32-13-,33-12-,36-18+. The smallest absolute Gasteiger partial charge is 0.378 e. The molecule has 1 aromatic carbocycles. The number of benzene rings is 1. The molecule has 9 nitrogen and oxygen atoms in total. The van der Waals surface area contributed by atoms with Crippen molar-refractivity contribution in [1.29, 1.82) is 5.41 Å². The van der Waals surface area contributed by atoms with E-state index < -0.39 is 17.4 Å². The number of pyridine rings is 1. The molecule has 1 aliphatic rings. The van der Waals surface area contributed by atoms with Crippen molar-refractivity contribution in [3.05, 3.63) is 83.1 Å². The number of hydrazone groups is 1. The molecule has 0 saturated carbocycles. The summed E-state index contributed by atoms with van der Waals surface area (Å²) in [5.74, 6) is 0. The Labute approximate surface area is 215 Å². The van der Waals surface area contributed by atoms with Crippen molar-refractivity contribution >= 4 is 52.5 Å². The number of aromatic nitrogens is 1. The van der Waals surface area contributed by atoms with E-state index in [9.17, 15) is 13.2 Å². The highest BCUT2D eigenvalue weighted by molar-refractivity contribution is 6.32. The Kier molecular flexibility index (Phi) is 9.30. The Hall–Kier alpha value is -4.29. The van der Waals surface area contributed by atoms with Crippen molar-refractivity contribution in [2.24, 2.45) is 15.3 Å². The van der Waals surface area contributed by atoms with Crippen LogP contribution in [0.2, 0.25) is 0 Å². The van der Waals surface area contributed by atoms with Crippen LogP contribution in [-0.4, -0.2) is 49.2 Å². The minimum atomic E-state index is -4.85. The summed E-state index contributed by atoms with van der Waals surface area (Å²) in [4.78, 5) is 4.17. The van der Waals surface area contributed by atoms with Crippen molar-refractivity contribution < 1.29 is 17.9 Å². The van der Waals surface area contributed by atoms with Crippen LogP contribution < -0.4 is 16.1 Å². The van der Waals surface area contributed by atoms with Crippen LogP contribution in [0, 0.1) is 5.41 Å². The fourth-order valence-corrected chi connectivity index (χ4v) is 3.27. The zero-order chi connectivity index (χ0) is 26.8. The van der Waals surface area contributed by atoms with Crippen LogP contribution in [-0.2, 0) is 4.74 Å². The summed E-state index contributed by atoms with van der Waals surface area (Å²) in [5.41, 5.74) is 1.80. The predicted octanol–water partition coefficient (Wildman–Crippen LogP) is 4.84. The lowest BCUT2D eigenvalue weighted by Crippen LogP contribution is -2.26. The molecule has 1 aromatic heterocycles. The summed E-state index contributed by atoms with van der Waals surface area (Å²) in [6.45, 7) is 3.82. The summed E-state index contributed by atoms with van der Waals surface area (Å²) in [6.07, 6.45) is 2.57. The maximum atomic E-state index is 14.2. The molecule has 0 saturated heterocycles. The third-order valence-electron chi connectivity index (χ3n) is 4.68. The van der Waals surface area contributed by atoms with Crippen LogP contribution in [0.4, 0.5) is 18.9 Å². The van der Waals surface area contributed by atoms with Crippen molar-refractivity contribution in [3.63, 3.8) is 0 Å². The number of hydrogen-bond acceptors (Lipinski definition) is 9. The summed E-state index contributed by atoms with van der Waals surface area (Å²) >= 11 is 6.16. The van der Waals surface area contributed by atoms with E-state index in [1.54, 1.807) is 30.5 Å². The second-order valence-electron chi connectivity index (χ2n) is 7.32. The molecule has 0 unspecified atom stereocenters. The van der Waals surface area contributed by atoms with Gasteiger partial charge in [0.15, 0.2) is 0 Å². The molecule has 2 aromatic rings. The van der Waals surface area contributed by atoms with Gasteiger partial charge in [-0.15, -0.1) is 0 Å². The highest BCUT2D eigenvalue weighted by atomic mass is 35.5. The number of anilines is 1. The second kappa shape index (κ2) is 12.6. The molecule has 0 aliphatic carbocycles. The SMILES string of the molecule is C=C(NC1=C/C(Cl)=C/N/N=C\C(COC)=N/N=C\1)/C(C=N)=C(/Nc1cccc2ncccc12)C(F)(F)F. The summed E-state index contributed by atoms with van der Waals surface area (Å²) < 4.78 is 47.6. The van der Waals surface area contributed by atoms with E-state index in [1.165, 1.54) is 37.9 Å². The van der Waals surface area contributed by atoms with Crippen LogP contribution in [0.25, 0.3) is 10.9 Å². The fourth-order valence-electron chi connectivity index (χ4n) is 3.10. The molecular formula is C24H22ClF3N8O. The van der Waals surface area contributed by atoms with Gasteiger partial charge in [-0.05, 0) is 30.3 Å². The van der Waals surface area contributed by atoms with Crippen molar-refractivity contribution in [3.8, 4) is 0 Å². The topological polar surface area (TPSA) is 119 Å². The highest BCUT2D eigenvalue weighted by Crippen LogP contribution is 2.33. The Morgan fingerprint density at radius 1 is 1.22 bits per heavy atom. The van der Waals surface area contributed by atoms with Crippen LogP contribution in [0.15, 0.2) is 98.4 Å². The molecule has 0 amide bonds. The number of allylic oxidation sites excluding steroid dienone is 5. The van der Waals surface area contributed by atoms with E-state index in [2.05, 4.69) is 42.9 Å². The number of alkyl halides is 3. The maximum absolute atomic E-state index is 14.2. The number of methoxy groups -OCH3 is 1.